The number of sulfone groups is 1. The van der Waals surface area contributed by atoms with Crippen LogP contribution in [0.1, 0.15) is 38.4 Å². The van der Waals surface area contributed by atoms with Gasteiger partial charge >= 0.3 is 5.51 Å². The second-order valence-electron chi connectivity index (χ2n) is 15.2. The van der Waals surface area contributed by atoms with Crippen molar-refractivity contribution >= 4 is 81.6 Å². The standard InChI is InChI=1S/C44H42F3N7O7S4/c45-44(46,47)64(57,58)39-26-32(16-17-36(39)48-30(19-20-53-22-24-61-25-23-53)28-62-31-9-2-1-3-10-31)65(59,60)52-42(56)37-13-7-15-40(49-37)54-21-18-29-8-6-11-33(34(29)27-54)41(55)51-43-50-35-12-4-5-14-38(35)63-43/h1-17,26,30,48H,18-25,27-28H2,(H,52,56)(H,50,51,55)/t30-/m1/s1. The van der Waals surface area contributed by atoms with Gasteiger partial charge in [-0.05, 0) is 84.6 Å². The summed E-state index contributed by atoms with van der Waals surface area (Å²) in [6.45, 7) is 3.59. The highest BCUT2D eigenvalue weighted by Crippen LogP contribution is 2.37. The van der Waals surface area contributed by atoms with Gasteiger partial charge in [0, 0.05) is 55.0 Å². The van der Waals surface area contributed by atoms with Gasteiger partial charge in [0.25, 0.3) is 31.7 Å². The molecule has 0 aliphatic carbocycles. The van der Waals surface area contributed by atoms with Gasteiger partial charge in [-0.25, -0.2) is 31.5 Å². The van der Waals surface area contributed by atoms with Crippen LogP contribution in [0.5, 0.6) is 0 Å². The highest BCUT2D eigenvalue weighted by molar-refractivity contribution is 7.99. The molecule has 2 aliphatic rings. The Balaban J connectivity index is 1.000. The van der Waals surface area contributed by atoms with Gasteiger partial charge < -0.3 is 15.0 Å². The number of fused-ring (bicyclic) bond motifs is 2. The first kappa shape index (κ1) is 46.0. The zero-order chi connectivity index (χ0) is 45.8. The van der Waals surface area contributed by atoms with E-state index in [9.17, 15) is 39.6 Å². The first-order valence-electron chi connectivity index (χ1n) is 20.4. The van der Waals surface area contributed by atoms with Gasteiger partial charge in [-0.3, -0.25) is 19.8 Å². The molecule has 1 atom stereocenters. The van der Waals surface area contributed by atoms with Crippen molar-refractivity contribution < 1.29 is 44.3 Å². The first-order chi connectivity index (χ1) is 31.1. The molecule has 4 aromatic carbocycles. The van der Waals surface area contributed by atoms with Crippen LogP contribution in [0, 0.1) is 0 Å². The van der Waals surface area contributed by atoms with E-state index in [0.717, 1.165) is 38.4 Å². The molecule has 0 spiro atoms. The van der Waals surface area contributed by atoms with Crippen molar-refractivity contribution in [2.24, 2.45) is 0 Å². The Morgan fingerprint density at radius 3 is 2.37 bits per heavy atom. The Hall–Kier alpha value is -5.58. The number of rotatable bonds is 15. The third kappa shape index (κ3) is 10.8. The van der Waals surface area contributed by atoms with Crippen LogP contribution in [-0.4, -0.2) is 100 Å². The third-order valence-corrected chi connectivity index (χ3v) is 15.8. The molecule has 0 radical (unpaired) electrons. The van der Waals surface area contributed by atoms with Gasteiger partial charge in [-0.2, -0.15) is 13.2 Å². The summed E-state index contributed by atoms with van der Waals surface area (Å²) < 4.78 is 104. The number of thiazole rings is 1. The first-order valence-corrected chi connectivity index (χ1v) is 25.2. The fourth-order valence-electron chi connectivity index (χ4n) is 7.47. The number of morpholine rings is 1. The number of nitrogens with one attached hydrogen (secondary N) is 3. The van der Waals surface area contributed by atoms with Crippen molar-refractivity contribution in [3.8, 4) is 0 Å². The highest BCUT2D eigenvalue weighted by Gasteiger charge is 2.48. The van der Waals surface area contributed by atoms with Gasteiger partial charge in [0.2, 0.25) is 0 Å². The maximum absolute atomic E-state index is 14.2. The maximum atomic E-state index is 14.2. The quantitative estimate of drug-likeness (QED) is 0.0880. The normalized spacial score (nSPS) is 15.3. The minimum absolute atomic E-state index is 0.227. The second kappa shape index (κ2) is 19.5. The molecule has 6 aromatic rings. The van der Waals surface area contributed by atoms with Crippen LogP contribution in [0.4, 0.5) is 29.8 Å². The number of aromatic nitrogens is 2. The summed E-state index contributed by atoms with van der Waals surface area (Å²) in [7, 11) is -11.1. The monoisotopic (exact) mass is 965 g/mol. The molecule has 21 heteroatoms. The number of ether oxygens (including phenoxy) is 1. The van der Waals surface area contributed by atoms with Crippen molar-refractivity contribution in [1.82, 2.24) is 19.6 Å². The highest BCUT2D eigenvalue weighted by atomic mass is 32.2. The minimum Gasteiger partial charge on any atom is -0.380 e. The largest absolute Gasteiger partial charge is 0.501 e. The summed E-state index contributed by atoms with van der Waals surface area (Å²) in [4.78, 5) is 38.7. The number of carbonyl (C=O) groups is 2. The van der Waals surface area contributed by atoms with Crippen LogP contribution in [0.2, 0.25) is 0 Å². The van der Waals surface area contributed by atoms with E-state index >= 15 is 0 Å². The van der Waals surface area contributed by atoms with Gasteiger partial charge in [-0.15, -0.1) is 11.8 Å². The lowest BCUT2D eigenvalue weighted by molar-refractivity contribution is -0.0436. The number of para-hydroxylation sites is 1. The summed E-state index contributed by atoms with van der Waals surface area (Å²) in [6, 6.07) is 28.4. The van der Waals surface area contributed by atoms with Crippen molar-refractivity contribution in [3.63, 3.8) is 0 Å². The van der Waals surface area contributed by atoms with Crippen molar-refractivity contribution in [3.05, 3.63) is 132 Å². The van der Waals surface area contributed by atoms with E-state index in [2.05, 4.69) is 25.5 Å². The smallest absolute Gasteiger partial charge is 0.380 e. The molecule has 340 valence electrons. The molecule has 14 nitrogen and oxygen atoms in total. The molecule has 2 amide bonds. The average molecular weight is 966 g/mol. The number of pyridine rings is 1. The summed E-state index contributed by atoms with van der Waals surface area (Å²) in [5, 5.41) is 6.31. The van der Waals surface area contributed by atoms with Crippen LogP contribution < -0.4 is 20.3 Å². The molecule has 0 bridgehead atoms. The van der Waals surface area contributed by atoms with Crippen LogP contribution >= 0.6 is 23.1 Å². The lowest BCUT2D eigenvalue weighted by Crippen LogP contribution is -2.39. The van der Waals surface area contributed by atoms with E-state index < -0.39 is 52.8 Å². The predicted molar refractivity (Wildman–Crippen MR) is 244 cm³/mol. The Morgan fingerprint density at radius 1 is 0.846 bits per heavy atom. The lowest BCUT2D eigenvalue weighted by atomic mass is 9.94. The second-order valence-corrected chi connectivity index (χ2v) is 20.9. The Labute approximate surface area is 381 Å². The van der Waals surface area contributed by atoms with Crippen molar-refractivity contribution in [2.75, 3.05) is 60.7 Å². The number of hydrogen-bond acceptors (Lipinski definition) is 14. The van der Waals surface area contributed by atoms with Gasteiger partial charge in [-0.1, -0.05) is 59.9 Å². The summed E-state index contributed by atoms with van der Waals surface area (Å²) >= 11 is 2.78. The molecule has 2 aromatic heterocycles. The fraction of sp³-hybridized carbons (Fsp3) is 0.273. The zero-order valence-corrected chi connectivity index (χ0v) is 37.7. The number of halogens is 3. The topological polar surface area (TPSA) is 180 Å². The van der Waals surface area contributed by atoms with E-state index in [1.165, 1.54) is 35.2 Å². The van der Waals surface area contributed by atoms with Crippen LogP contribution in [0.3, 0.4) is 0 Å². The number of thioether (sulfide) groups is 1. The Kier molecular flexibility index (Phi) is 13.8. The molecule has 2 aliphatic heterocycles. The molecule has 0 unspecified atom stereocenters. The third-order valence-electron chi connectivity index (χ3n) is 10.9. The molecule has 1 saturated heterocycles. The van der Waals surface area contributed by atoms with E-state index in [4.69, 9.17) is 4.74 Å². The van der Waals surface area contributed by atoms with Gasteiger partial charge in [0.05, 0.1) is 34.0 Å². The van der Waals surface area contributed by atoms with E-state index in [0.29, 0.717) is 80.6 Å². The SMILES string of the molecule is O=C(NS(=O)(=O)c1ccc(N[C@H](CCN2CCOCC2)CSc2ccccc2)c(S(=O)(=O)C(F)(F)F)c1)c1cccc(N2CCc3cccc(C(=O)Nc4nc5ccccc5s4)c3C2)n1. The number of carbonyl (C=O) groups excluding carboxylic acids is 2. The molecule has 1 fully saturated rings. The van der Waals surface area contributed by atoms with E-state index in [1.54, 1.807) is 18.2 Å². The number of anilines is 3. The summed E-state index contributed by atoms with van der Waals surface area (Å²) in [5.74, 6) is -0.920. The van der Waals surface area contributed by atoms with Crippen LogP contribution in [0.15, 0.2) is 124 Å². The number of sulfonamides is 1. The number of hydrogen-bond donors (Lipinski definition) is 3. The fourth-order valence-corrected chi connectivity index (χ4v) is 11.3. The number of benzene rings is 4. The van der Waals surface area contributed by atoms with Crippen LogP contribution in [0.25, 0.3) is 10.2 Å². The molecule has 4 heterocycles. The summed E-state index contributed by atoms with van der Waals surface area (Å²) in [6.07, 6.45) is 0.942. The molecule has 8 rings (SSSR count). The molecule has 3 N–H and O–H groups in total. The van der Waals surface area contributed by atoms with Crippen molar-refractivity contribution in [2.45, 2.75) is 45.6 Å². The van der Waals surface area contributed by atoms with E-state index in [-0.39, 0.29) is 18.1 Å². The Morgan fingerprint density at radius 2 is 1.60 bits per heavy atom. The average Bonchev–Trinajstić information content (AvgIpc) is 3.72. The van der Waals surface area contributed by atoms with Gasteiger partial charge in [0.15, 0.2) is 5.13 Å². The number of alkyl halides is 3. The molecular weight excluding hydrogens is 924 g/mol. The van der Waals surface area contributed by atoms with Crippen molar-refractivity contribution in [1.29, 1.82) is 0 Å². The lowest BCUT2D eigenvalue weighted by Gasteiger charge is -2.31. The Bertz CT molecular complexity index is 2900. The number of nitrogens with zero attached hydrogens (tertiary/aromatic N) is 4. The maximum Gasteiger partial charge on any atom is 0.501 e. The molecular formula is C44H42F3N7O7S4. The molecule has 65 heavy (non-hydrogen) atoms. The van der Waals surface area contributed by atoms with E-state index in [1.807, 2.05) is 70.3 Å². The molecule has 0 saturated carbocycles. The summed E-state index contributed by atoms with van der Waals surface area (Å²) in [5.41, 5.74) is -3.69. The minimum atomic E-state index is -6.11. The van der Waals surface area contributed by atoms with Gasteiger partial charge in [0.1, 0.15) is 16.4 Å². The zero-order valence-electron chi connectivity index (χ0n) is 34.5. The number of amides is 2. The predicted octanol–water partition coefficient (Wildman–Crippen LogP) is 7.21. The van der Waals surface area contributed by atoms with Crippen LogP contribution in [-0.2, 0) is 37.6 Å².